The summed E-state index contributed by atoms with van der Waals surface area (Å²) in [5.41, 5.74) is 5.88. The zero-order valence-electron chi connectivity index (χ0n) is 19.0. The molecule has 5 rings (SSSR count). The van der Waals surface area contributed by atoms with Crippen LogP contribution >= 0.6 is 0 Å². The number of aromatic nitrogens is 5. The number of amides is 1. The van der Waals surface area contributed by atoms with E-state index in [2.05, 4.69) is 25.4 Å². The standard InChI is InChI=1S/C26H22N6O2/c1-16-11-18(9-10-27-16)26(33)30-22-12-19-21(13-23(22)34-3)28-15-29-25(19)20-14-32(2)31-24(20)17-7-5-4-6-8-17/h4-15H,1-3H3,(H,30,33). The van der Waals surface area contributed by atoms with Gasteiger partial charge < -0.3 is 10.1 Å². The lowest BCUT2D eigenvalue weighted by Crippen LogP contribution is -2.13. The Hall–Kier alpha value is -4.59. The third kappa shape index (κ3) is 3.97. The Morgan fingerprint density at radius 2 is 1.82 bits per heavy atom. The van der Waals surface area contributed by atoms with Crippen LogP contribution in [0.25, 0.3) is 33.4 Å². The van der Waals surface area contributed by atoms with Gasteiger partial charge in [-0.2, -0.15) is 5.10 Å². The van der Waals surface area contributed by atoms with E-state index in [1.807, 2.05) is 56.6 Å². The van der Waals surface area contributed by atoms with Crippen molar-refractivity contribution in [3.63, 3.8) is 0 Å². The summed E-state index contributed by atoms with van der Waals surface area (Å²) in [7, 11) is 3.44. The summed E-state index contributed by atoms with van der Waals surface area (Å²) in [6.45, 7) is 1.84. The quantitative estimate of drug-likeness (QED) is 0.418. The molecule has 8 heteroatoms. The van der Waals surface area contributed by atoms with E-state index in [0.717, 1.165) is 33.6 Å². The first-order valence-corrected chi connectivity index (χ1v) is 10.7. The van der Waals surface area contributed by atoms with Gasteiger partial charge in [-0.25, -0.2) is 9.97 Å². The highest BCUT2D eigenvalue weighted by molar-refractivity contribution is 6.07. The number of carbonyl (C=O) groups excluding carboxylic acids is 1. The smallest absolute Gasteiger partial charge is 0.255 e. The second kappa shape index (κ2) is 8.74. The minimum absolute atomic E-state index is 0.257. The molecule has 0 aliphatic rings. The van der Waals surface area contributed by atoms with Gasteiger partial charge in [0.25, 0.3) is 5.91 Å². The summed E-state index contributed by atoms with van der Waals surface area (Å²) in [6, 6.07) is 17.0. The first kappa shape index (κ1) is 21.3. The zero-order chi connectivity index (χ0) is 23.7. The van der Waals surface area contributed by atoms with Crippen molar-refractivity contribution in [3.8, 4) is 28.3 Å². The van der Waals surface area contributed by atoms with E-state index in [-0.39, 0.29) is 5.91 Å². The van der Waals surface area contributed by atoms with Gasteiger partial charge in [0.05, 0.1) is 24.0 Å². The zero-order valence-corrected chi connectivity index (χ0v) is 19.0. The van der Waals surface area contributed by atoms with Gasteiger partial charge in [-0.15, -0.1) is 0 Å². The minimum Gasteiger partial charge on any atom is -0.494 e. The second-order valence-corrected chi connectivity index (χ2v) is 7.86. The molecular weight excluding hydrogens is 428 g/mol. The third-order valence-corrected chi connectivity index (χ3v) is 5.49. The van der Waals surface area contributed by atoms with Crippen LogP contribution < -0.4 is 10.1 Å². The molecule has 0 aliphatic heterocycles. The van der Waals surface area contributed by atoms with Crippen LogP contribution in [0.1, 0.15) is 16.1 Å². The molecule has 168 valence electrons. The summed E-state index contributed by atoms with van der Waals surface area (Å²) >= 11 is 0. The molecule has 34 heavy (non-hydrogen) atoms. The van der Waals surface area contributed by atoms with E-state index >= 15 is 0 Å². The van der Waals surface area contributed by atoms with Crippen molar-refractivity contribution >= 4 is 22.5 Å². The normalized spacial score (nSPS) is 10.9. The second-order valence-electron chi connectivity index (χ2n) is 7.86. The maximum absolute atomic E-state index is 12.9. The fourth-order valence-electron chi connectivity index (χ4n) is 3.92. The molecule has 2 aromatic carbocycles. The molecule has 0 aliphatic carbocycles. The fourth-order valence-corrected chi connectivity index (χ4v) is 3.92. The summed E-state index contributed by atoms with van der Waals surface area (Å²) in [5.74, 6) is 0.249. The fraction of sp³-hybridized carbons (Fsp3) is 0.115. The molecule has 0 radical (unpaired) electrons. The first-order valence-electron chi connectivity index (χ1n) is 10.7. The van der Waals surface area contributed by atoms with E-state index < -0.39 is 0 Å². The van der Waals surface area contributed by atoms with E-state index in [0.29, 0.717) is 22.5 Å². The number of fused-ring (bicyclic) bond motifs is 1. The summed E-state index contributed by atoms with van der Waals surface area (Å²) in [4.78, 5) is 26.1. The van der Waals surface area contributed by atoms with Gasteiger partial charge in [-0.05, 0) is 25.1 Å². The van der Waals surface area contributed by atoms with Gasteiger partial charge in [-0.3, -0.25) is 14.5 Å². The molecule has 8 nitrogen and oxygen atoms in total. The van der Waals surface area contributed by atoms with E-state index in [1.54, 1.807) is 36.2 Å². The van der Waals surface area contributed by atoms with Crippen molar-refractivity contribution in [1.29, 1.82) is 0 Å². The molecule has 0 unspecified atom stereocenters. The number of ether oxygens (including phenoxy) is 1. The SMILES string of the molecule is COc1cc2ncnc(-c3cn(C)nc3-c3ccccc3)c2cc1NC(=O)c1ccnc(C)c1. The van der Waals surface area contributed by atoms with Crippen molar-refractivity contribution in [3.05, 3.63) is 84.6 Å². The Labute approximate surface area is 196 Å². The van der Waals surface area contributed by atoms with Gasteiger partial charge >= 0.3 is 0 Å². The lowest BCUT2D eigenvalue weighted by atomic mass is 10.0. The van der Waals surface area contributed by atoms with Gasteiger partial charge in [0.15, 0.2) is 0 Å². The molecule has 0 bridgehead atoms. The van der Waals surface area contributed by atoms with Crippen LogP contribution in [-0.2, 0) is 7.05 Å². The van der Waals surface area contributed by atoms with Crippen LogP contribution in [0.2, 0.25) is 0 Å². The molecule has 1 N–H and O–H groups in total. The Morgan fingerprint density at radius 1 is 1.00 bits per heavy atom. The van der Waals surface area contributed by atoms with Gasteiger partial charge in [0, 0.05) is 53.3 Å². The van der Waals surface area contributed by atoms with Crippen molar-refractivity contribution in [2.75, 3.05) is 12.4 Å². The van der Waals surface area contributed by atoms with Crippen LogP contribution in [0.15, 0.2) is 73.3 Å². The van der Waals surface area contributed by atoms with Crippen molar-refractivity contribution in [2.24, 2.45) is 7.05 Å². The molecule has 0 fully saturated rings. The summed E-state index contributed by atoms with van der Waals surface area (Å²) in [6.07, 6.45) is 5.07. The maximum Gasteiger partial charge on any atom is 0.255 e. The summed E-state index contributed by atoms with van der Waals surface area (Å²) < 4.78 is 7.32. The Bertz CT molecular complexity index is 1510. The van der Waals surface area contributed by atoms with Gasteiger partial charge in [-0.1, -0.05) is 30.3 Å². The monoisotopic (exact) mass is 450 g/mol. The lowest BCUT2D eigenvalue weighted by molar-refractivity contribution is 0.102. The molecule has 0 spiro atoms. The highest BCUT2D eigenvalue weighted by Gasteiger charge is 2.19. The topological polar surface area (TPSA) is 94.8 Å². The van der Waals surface area contributed by atoms with Crippen molar-refractivity contribution < 1.29 is 9.53 Å². The number of hydrogen-bond acceptors (Lipinski definition) is 6. The number of benzene rings is 2. The van der Waals surface area contributed by atoms with Crippen LogP contribution in [0, 0.1) is 6.92 Å². The maximum atomic E-state index is 12.9. The van der Waals surface area contributed by atoms with Crippen molar-refractivity contribution in [1.82, 2.24) is 24.7 Å². The highest BCUT2D eigenvalue weighted by Crippen LogP contribution is 2.37. The predicted molar refractivity (Wildman–Crippen MR) is 131 cm³/mol. The molecule has 0 saturated carbocycles. The van der Waals surface area contributed by atoms with Crippen LogP contribution in [0.5, 0.6) is 5.75 Å². The lowest BCUT2D eigenvalue weighted by Gasteiger charge is -2.13. The highest BCUT2D eigenvalue weighted by atomic mass is 16.5. The predicted octanol–water partition coefficient (Wildman–Crippen LogP) is 4.66. The van der Waals surface area contributed by atoms with E-state index in [4.69, 9.17) is 4.74 Å². The molecule has 0 saturated heterocycles. The van der Waals surface area contributed by atoms with E-state index in [9.17, 15) is 4.79 Å². The number of nitrogens with one attached hydrogen (secondary N) is 1. The third-order valence-electron chi connectivity index (χ3n) is 5.49. The van der Waals surface area contributed by atoms with Crippen LogP contribution in [-0.4, -0.2) is 37.7 Å². The number of pyridine rings is 1. The number of nitrogens with zero attached hydrogens (tertiary/aromatic N) is 5. The first-order chi connectivity index (χ1) is 16.5. The van der Waals surface area contributed by atoms with Gasteiger partial charge in [0.1, 0.15) is 17.8 Å². The van der Waals surface area contributed by atoms with Crippen molar-refractivity contribution in [2.45, 2.75) is 6.92 Å². The molecular formula is C26H22N6O2. The largest absolute Gasteiger partial charge is 0.494 e. The number of carbonyl (C=O) groups is 1. The summed E-state index contributed by atoms with van der Waals surface area (Å²) in [5, 5.41) is 8.40. The molecule has 3 heterocycles. The van der Waals surface area contributed by atoms with Crippen LogP contribution in [0.3, 0.4) is 0 Å². The Kier molecular flexibility index (Phi) is 5.47. The molecule has 5 aromatic rings. The number of methoxy groups -OCH3 is 1. The number of aryl methyl sites for hydroxylation is 2. The average Bonchev–Trinajstić information content (AvgIpc) is 3.25. The molecule has 1 amide bonds. The molecule has 3 aromatic heterocycles. The Morgan fingerprint density at radius 3 is 2.59 bits per heavy atom. The average molecular weight is 451 g/mol. The number of anilines is 1. The Balaban J connectivity index is 1.64. The molecule has 0 atom stereocenters. The van der Waals surface area contributed by atoms with Gasteiger partial charge in [0.2, 0.25) is 0 Å². The van der Waals surface area contributed by atoms with E-state index in [1.165, 1.54) is 6.33 Å². The minimum atomic E-state index is -0.257. The van der Waals surface area contributed by atoms with Crippen LogP contribution in [0.4, 0.5) is 5.69 Å². The number of hydrogen-bond donors (Lipinski definition) is 1. The number of rotatable bonds is 5.